The van der Waals surface area contributed by atoms with Crippen LogP contribution in [0.1, 0.15) is 5.56 Å². The highest BCUT2D eigenvalue weighted by molar-refractivity contribution is 6.29. The van der Waals surface area contributed by atoms with E-state index in [1.807, 2.05) is 31.2 Å². The van der Waals surface area contributed by atoms with Gasteiger partial charge >= 0.3 is 0 Å². The van der Waals surface area contributed by atoms with Crippen molar-refractivity contribution >= 4 is 11.6 Å². The normalized spacial score (nSPS) is 9.50. The van der Waals surface area contributed by atoms with Crippen LogP contribution in [0, 0.1) is 6.92 Å². The number of benzene rings is 1. The van der Waals surface area contributed by atoms with Crippen LogP contribution < -0.4 is 4.74 Å². The smallest absolute Gasteiger partial charge is 0.123 e. The van der Waals surface area contributed by atoms with Crippen molar-refractivity contribution in [2.75, 3.05) is 6.61 Å². The standard InChI is InChI=1S/C10H11ClO/c1-8-5-3-4-6-10(8)12-7-9(2)11/h3-6H,2,7H2,1H3. The molecule has 1 aromatic rings. The first-order chi connectivity index (χ1) is 5.70. The molecule has 0 radical (unpaired) electrons. The van der Waals surface area contributed by atoms with E-state index >= 15 is 0 Å². The second kappa shape index (κ2) is 4.17. The molecule has 0 aliphatic carbocycles. The van der Waals surface area contributed by atoms with E-state index in [4.69, 9.17) is 16.3 Å². The lowest BCUT2D eigenvalue weighted by molar-refractivity contribution is 0.357. The predicted molar refractivity (Wildman–Crippen MR) is 51.7 cm³/mol. The van der Waals surface area contributed by atoms with E-state index in [0.717, 1.165) is 11.3 Å². The molecule has 1 rings (SSSR count). The summed E-state index contributed by atoms with van der Waals surface area (Å²) in [5, 5.41) is 0.512. The van der Waals surface area contributed by atoms with Gasteiger partial charge in [0.05, 0.1) is 0 Å². The number of rotatable bonds is 3. The fourth-order valence-electron chi connectivity index (χ4n) is 0.874. The van der Waals surface area contributed by atoms with Crippen LogP contribution in [0.2, 0.25) is 0 Å². The molecule has 0 fully saturated rings. The zero-order valence-corrected chi connectivity index (χ0v) is 7.77. The van der Waals surface area contributed by atoms with E-state index in [-0.39, 0.29) is 0 Å². The SMILES string of the molecule is C=C(Cl)COc1ccccc1C. The summed E-state index contributed by atoms with van der Waals surface area (Å²) in [7, 11) is 0. The Balaban J connectivity index is 2.63. The molecule has 1 aromatic carbocycles. The highest BCUT2D eigenvalue weighted by Crippen LogP contribution is 2.16. The minimum atomic E-state index is 0.367. The molecule has 0 heterocycles. The summed E-state index contributed by atoms with van der Waals surface area (Å²) in [4.78, 5) is 0. The van der Waals surface area contributed by atoms with E-state index < -0.39 is 0 Å². The van der Waals surface area contributed by atoms with Gasteiger partial charge in [0.2, 0.25) is 0 Å². The molecule has 0 atom stereocenters. The zero-order chi connectivity index (χ0) is 8.97. The molecule has 0 aromatic heterocycles. The topological polar surface area (TPSA) is 9.23 Å². The van der Waals surface area contributed by atoms with E-state index in [1.165, 1.54) is 0 Å². The molecule has 2 heteroatoms. The second-order valence-electron chi connectivity index (χ2n) is 2.57. The molecular formula is C10H11ClO. The van der Waals surface area contributed by atoms with Crippen molar-refractivity contribution in [3.8, 4) is 5.75 Å². The van der Waals surface area contributed by atoms with Crippen molar-refractivity contribution < 1.29 is 4.74 Å². The molecule has 64 valence electrons. The van der Waals surface area contributed by atoms with E-state index in [1.54, 1.807) is 0 Å². The van der Waals surface area contributed by atoms with E-state index in [2.05, 4.69) is 6.58 Å². The first kappa shape index (κ1) is 9.14. The zero-order valence-electron chi connectivity index (χ0n) is 7.01. The predicted octanol–water partition coefficient (Wildman–Crippen LogP) is 3.13. The van der Waals surface area contributed by atoms with Crippen molar-refractivity contribution in [2.45, 2.75) is 6.92 Å². The Morgan fingerprint density at radius 2 is 2.17 bits per heavy atom. The van der Waals surface area contributed by atoms with Gasteiger partial charge in [0.1, 0.15) is 12.4 Å². The fraction of sp³-hybridized carbons (Fsp3) is 0.200. The van der Waals surface area contributed by atoms with Gasteiger partial charge < -0.3 is 4.74 Å². The first-order valence-electron chi connectivity index (χ1n) is 3.72. The minimum Gasteiger partial charge on any atom is -0.488 e. The third kappa shape index (κ3) is 2.59. The van der Waals surface area contributed by atoms with Crippen LogP contribution in [0.4, 0.5) is 0 Å². The highest BCUT2D eigenvalue weighted by Gasteiger charge is 1.96. The molecular weight excluding hydrogens is 172 g/mol. The number of ether oxygens (including phenoxy) is 1. The summed E-state index contributed by atoms with van der Waals surface area (Å²) in [6.07, 6.45) is 0. The molecule has 0 spiro atoms. The molecule has 0 bridgehead atoms. The number of halogens is 1. The Kier molecular flexibility index (Phi) is 3.18. The van der Waals surface area contributed by atoms with Crippen molar-refractivity contribution in [1.29, 1.82) is 0 Å². The molecule has 0 N–H and O–H groups in total. The number of para-hydroxylation sites is 1. The summed E-state index contributed by atoms with van der Waals surface area (Å²) in [5.74, 6) is 0.860. The van der Waals surface area contributed by atoms with Gasteiger partial charge in [-0.2, -0.15) is 0 Å². The average Bonchev–Trinajstić information content (AvgIpc) is 2.03. The summed E-state index contributed by atoms with van der Waals surface area (Å²) >= 11 is 5.56. The number of hydrogen-bond acceptors (Lipinski definition) is 1. The number of aryl methyl sites for hydroxylation is 1. The van der Waals surface area contributed by atoms with Gasteiger partial charge in [0.25, 0.3) is 0 Å². The lowest BCUT2D eigenvalue weighted by atomic mass is 10.2. The quantitative estimate of drug-likeness (QED) is 0.698. The van der Waals surface area contributed by atoms with Crippen molar-refractivity contribution in [1.82, 2.24) is 0 Å². The molecule has 0 saturated carbocycles. The van der Waals surface area contributed by atoms with Crippen LogP contribution in [0.5, 0.6) is 5.75 Å². The van der Waals surface area contributed by atoms with Crippen LogP contribution in [-0.4, -0.2) is 6.61 Å². The maximum absolute atomic E-state index is 5.56. The lowest BCUT2D eigenvalue weighted by Crippen LogP contribution is -1.97. The Hall–Kier alpha value is -0.950. The second-order valence-corrected chi connectivity index (χ2v) is 3.11. The van der Waals surface area contributed by atoms with Gasteiger partial charge in [-0.15, -0.1) is 0 Å². The highest BCUT2D eigenvalue weighted by atomic mass is 35.5. The summed E-state index contributed by atoms with van der Waals surface area (Å²) in [6.45, 7) is 5.90. The van der Waals surface area contributed by atoms with Gasteiger partial charge in [-0.25, -0.2) is 0 Å². The van der Waals surface area contributed by atoms with Crippen molar-refractivity contribution in [2.24, 2.45) is 0 Å². The monoisotopic (exact) mass is 182 g/mol. The fourth-order valence-corrected chi connectivity index (χ4v) is 0.929. The van der Waals surface area contributed by atoms with Crippen LogP contribution in [-0.2, 0) is 0 Å². The van der Waals surface area contributed by atoms with Gasteiger partial charge in [0, 0.05) is 5.03 Å². The molecule has 0 unspecified atom stereocenters. The molecule has 0 aliphatic heterocycles. The van der Waals surface area contributed by atoms with Crippen LogP contribution in [0.3, 0.4) is 0 Å². The maximum Gasteiger partial charge on any atom is 0.123 e. The third-order valence-corrected chi connectivity index (χ3v) is 1.59. The van der Waals surface area contributed by atoms with Gasteiger partial charge in [-0.05, 0) is 18.6 Å². The Morgan fingerprint density at radius 3 is 2.75 bits per heavy atom. The average molecular weight is 183 g/mol. The first-order valence-corrected chi connectivity index (χ1v) is 4.09. The summed E-state index contributed by atoms with van der Waals surface area (Å²) in [6, 6.07) is 7.80. The van der Waals surface area contributed by atoms with Crippen molar-refractivity contribution in [3.63, 3.8) is 0 Å². The molecule has 1 nitrogen and oxygen atoms in total. The molecule has 0 amide bonds. The van der Waals surface area contributed by atoms with Crippen LogP contribution in [0.25, 0.3) is 0 Å². The van der Waals surface area contributed by atoms with Gasteiger partial charge in [-0.1, -0.05) is 36.4 Å². The van der Waals surface area contributed by atoms with Gasteiger partial charge in [0.15, 0.2) is 0 Å². The Labute approximate surface area is 77.6 Å². The third-order valence-electron chi connectivity index (χ3n) is 1.48. The van der Waals surface area contributed by atoms with Crippen molar-refractivity contribution in [3.05, 3.63) is 41.4 Å². The Morgan fingerprint density at radius 1 is 1.50 bits per heavy atom. The number of hydrogen-bond donors (Lipinski definition) is 0. The van der Waals surface area contributed by atoms with E-state index in [9.17, 15) is 0 Å². The maximum atomic E-state index is 5.56. The van der Waals surface area contributed by atoms with Crippen LogP contribution >= 0.6 is 11.6 Å². The van der Waals surface area contributed by atoms with E-state index in [0.29, 0.717) is 11.6 Å². The summed E-state index contributed by atoms with van der Waals surface area (Å²) < 4.78 is 5.37. The summed E-state index contributed by atoms with van der Waals surface area (Å²) in [5.41, 5.74) is 1.11. The molecule has 0 saturated heterocycles. The largest absolute Gasteiger partial charge is 0.488 e. The molecule has 0 aliphatic rings. The molecule has 12 heavy (non-hydrogen) atoms. The minimum absolute atomic E-state index is 0.367. The van der Waals surface area contributed by atoms with Gasteiger partial charge in [-0.3, -0.25) is 0 Å². The Bertz CT molecular complexity index is 281. The lowest BCUT2D eigenvalue weighted by Gasteiger charge is -2.06. The van der Waals surface area contributed by atoms with Crippen LogP contribution in [0.15, 0.2) is 35.9 Å².